The Morgan fingerprint density at radius 3 is 2.52 bits per heavy atom. The Balaban J connectivity index is 2.14. The lowest BCUT2D eigenvalue weighted by atomic mass is 9.99. The Morgan fingerprint density at radius 1 is 1.29 bits per heavy atom. The normalized spacial score (nSPS) is 18.9. The largest absolute Gasteiger partial charge is 0.434 e. The topological polar surface area (TPSA) is 47.7 Å². The van der Waals surface area contributed by atoms with E-state index in [0.717, 1.165) is 31.5 Å². The van der Waals surface area contributed by atoms with E-state index in [-0.39, 0.29) is 17.9 Å². The minimum absolute atomic E-state index is 0.113. The molecule has 1 aliphatic heterocycles. The number of nitrogens with zero attached hydrogens (tertiary/aromatic N) is 1. The minimum atomic E-state index is -2.83. The summed E-state index contributed by atoms with van der Waals surface area (Å²) in [4.78, 5) is 2.21. The monoisotopic (exact) mass is 300 g/mol. The maximum absolute atomic E-state index is 12.5. The van der Waals surface area contributed by atoms with E-state index >= 15 is 0 Å². The number of rotatable bonds is 6. The number of piperidine rings is 1. The highest BCUT2D eigenvalue weighted by molar-refractivity contribution is 5.36. The molecular weight excluding hydrogens is 278 g/mol. The van der Waals surface area contributed by atoms with Crippen LogP contribution in [-0.4, -0.2) is 44.4 Å². The Kier molecular flexibility index (Phi) is 5.90. The summed E-state index contributed by atoms with van der Waals surface area (Å²) < 4.78 is 35.0. The van der Waals surface area contributed by atoms with Gasteiger partial charge in [0.25, 0.3) is 0 Å². The van der Waals surface area contributed by atoms with Crippen molar-refractivity contribution in [3.05, 3.63) is 29.8 Å². The molecule has 1 unspecified atom stereocenters. The molecule has 0 spiro atoms. The Hall–Kier alpha value is -1.24. The van der Waals surface area contributed by atoms with Gasteiger partial charge in [-0.05, 0) is 18.9 Å². The van der Waals surface area contributed by atoms with Gasteiger partial charge in [-0.25, -0.2) is 0 Å². The molecule has 2 rings (SSSR count). The number of methoxy groups -OCH3 is 1. The van der Waals surface area contributed by atoms with Gasteiger partial charge >= 0.3 is 6.61 Å². The molecule has 4 nitrogen and oxygen atoms in total. The molecule has 0 saturated carbocycles. The van der Waals surface area contributed by atoms with Crippen LogP contribution in [0.25, 0.3) is 0 Å². The number of benzene rings is 1. The predicted octanol–water partition coefficient (Wildman–Crippen LogP) is 2.40. The van der Waals surface area contributed by atoms with Gasteiger partial charge in [-0.15, -0.1) is 0 Å². The predicted molar refractivity (Wildman–Crippen MR) is 76.5 cm³/mol. The first-order chi connectivity index (χ1) is 10.2. The number of likely N-dealkylation sites (tertiary alicyclic amines) is 1. The van der Waals surface area contributed by atoms with E-state index in [1.807, 2.05) is 6.07 Å². The number of nitrogens with two attached hydrogens (primary N) is 1. The zero-order valence-corrected chi connectivity index (χ0v) is 12.2. The molecule has 1 fully saturated rings. The number of ether oxygens (including phenoxy) is 2. The summed E-state index contributed by atoms with van der Waals surface area (Å²) in [6.45, 7) is -0.794. The molecule has 1 aromatic carbocycles. The van der Waals surface area contributed by atoms with Crippen molar-refractivity contribution in [3.63, 3.8) is 0 Å². The van der Waals surface area contributed by atoms with Gasteiger partial charge < -0.3 is 15.2 Å². The molecule has 21 heavy (non-hydrogen) atoms. The first-order valence-electron chi connectivity index (χ1n) is 7.16. The number of halogens is 2. The third kappa shape index (κ3) is 4.12. The standard InChI is InChI=1S/C15H22F2N2O2/c1-20-11-6-8-19(9-7-11)13(10-18)12-4-2-3-5-14(12)21-15(16)17/h2-5,11,13,15H,6-10,18H2,1H3. The van der Waals surface area contributed by atoms with Crippen molar-refractivity contribution in [1.82, 2.24) is 4.90 Å². The summed E-state index contributed by atoms with van der Waals surface area (Å²) in [5, 5.41) is 0. The van der Waals surface area contributed by atoms with Crippen LogP contribution in [0.3, 0.4) is 0 Å². The third-order valence-corrected chi connectivity index (χ3v) is 3.97. The number of para-hydroxylation sites is 1. The molecule has 1 aliphatic rings. The summed E-state index contributed by atoms with van der Waals surface area (Å²) in [6.07, 6.45) is 2.11. The van der Waals surface area contributed by atoms with Crippen LogP contribution >= 0.6 is 0 Å². The Bertz CT molecular complexity index is 437. The quantitative estimate of drug-likeness (QED) is 0.876. The lowest BCUT2D eigenvalue weighted by Crippen LogP contribution is -2.41. The molecule has 0 radical (unpaired) electrons. The van der Waals surface area contributed by atoms with Gasteiger partial charge in [-0.3, -0.25) is 4.90 Å². The summed E-state index contributed by atoms with van der Waals surface area (Å²) in [6, 6.07) is 6.76. The molecule has 1 atom stereocenters. The second kappa shape index (κ2) is 7.68. The van der Waals surface area contributed by atoms with Gasteiger partial charge in [0.2, 0.25) is 0 Å². The van der Waals surface area contributed by atoms with Crippen LogP contribution in [0.5, 0.6) is 5.75 Å². The van der Waals surface area contributed by atoms with Crippen molar-refractivity contribution in [2.24, 2.45) is 5.73 Å². The molecule has 0 amide bonds. The van der Waals surface area contributed by atoms with E-state index in [1.165, 1.54) is 0 Å². The first-order valence-corrected chi connectivity index (χ1v) is 7.16. The fourth-order valence-electron chi connectivity index (χ4n) is 2.86. The summed E-state index contributed by atoms with van der Waals surface area (Å²) in [5.41, 5.74) is 6.61. The third-order valence-electron chi connectivity index (χ3n) is 3.97. The molecule has 1 heterocycles. The minimum Gasteiger partial charge on any atom is -0.434 e. The van der Waals surface area contributed by atoms with Crippen LogP contribution in [-0.2, 0) is 4.74 Å². The fourth-order valence-corrected chi connectivity index (χ4v) is 2.86. The molecule has 118 valence electrons. The zero-order valence-electron chi connectivity index (χ0n) is 12.2. The molecule has 0 aliphatic carbocycles. The highest BCUT2D eigenvalue weighted by atomic mass is 19.3. The molecule has 0 aromatic heterocycles. The van der Waals surface area contributed by atoms with Gasteiger partial charge in [0.15, 0.2) is 0 Å². The number of hydrogen-bond acceptors (Lipinski definition) is 4. The molecule has 6 heteroatoms. The van der Waals surface area contributed by atoms with Crippen LogP contribution in [0.2, 0.25) is 0 Å². The van der Waals surface area contributed by atoms with Crippen LogP contribution in [0.4, 0.5) is 8.78 Å². The van der Waals surface area contributed by atoms with E-state index < -0.39 is 6.61 Å². The van der Waals surface area contributed by atoms with Crippen LogP contribution in [0, 0.1) is 0 Å². The van der Waals surface area contributed by atoms with Crippen molar-refractivity contribution in [2.75, 3.05) is 26.7 Å². The summed E-state index contributed by atoms with van der Waals surface area (Å²) >= 11 is 0. The second-order valence-corrected chi connectivity index (χ2v) is 5.14. The Labute approximate surface area is 123 Å². The second-order valence-electron chi connectivity index (χ2n) is 5.14. The van der Waals surface area contributed by atoms with Gasteiger partial charge in [0, 0.05) is 32.3 Å². The molecule has 2 N–H and O–H groups in total. The number of hydrogen-bond donors (Lipinski definition) is 1. The van der Waals surface area contributed by atoms with Gasteiger partial charge in [-0.2, -0.15) is 8.78 Å². The highest BCUT2D eigenvalue weighted by Crippen LogP contribution is 2.31. The van der Waals surface area contributed by atoms with Crippen LogP contribution < -0.4 is 10.5 Å². The van der Waals surface area contributed by atoms with Gasteiger partial charge in [-0.1, -0.05) is 18.2 Å². The van der Waals surface area contributed by atoms with Crippen molar-refractivity contribution in [1.29, 1.82) is 0 Å². The smallest absolute Gasteiger partial charge is 0.387 e. The average Bonchev–Trinajstić information content (AvgIpc) is 2.50. The van der Waals surface area contributed by atoms with Crippen molar-refractivity contribution < 1.29 is 18.3 Å². The van der Waals surface area contributed by atoms with Crippen LogP contribution in [0.1, 0.15) is 24.4 Å². The maximum atomic E-state index is 12.5. The van der Waals surface area contributed by atoms with E-state index in [1.54, 1.807) is 25.3 Å². The van der Waals surface area contributed by atoms with Crippen molar-refractivity contribution >= 4 is 0 Å². The van der Waals surface area contributed by atoms with E-state index in [0.29, 0.717) is 6.54 Å². The molecule has 1 aromatic rings. The lowest BCUT2D eigenvalue weighted by Gasteiger charge is -2.37. The Morgan fingerprint density at radius 2 is 1.95 bits per heavy atom. The van der Waals surface area contributed by atoms with Crippen LogP contribution in [0.15, 0.2) is 24.3 Å². The first kappa shape index (κ1) is 16.1. The van der Waals surface area contributed by atoms with E-state index in [2.05, 4.69) is 9.64 Å². The van der Waals surface area contributed by atoms with Crippen molar-refractivity contribution in [2.45, 2.75) is 31.6 Å². The SMILES string of the molecule is COC1CCN(C(CN)c2ccccc2OC(F)F)CC1. The summed E-state index contributed by atoms with van der Waals surface area (Å²) in [7, 11) is 1.71. The summed E-state index contributed by atoms with van der Waals surface area (Å²) in [5.74, 6) is 0.205. The lowest BCUT2D eigenvalue weighted by molar-refractivity contribution is -0.0514. The van der Waals surface area contributed by atoms with Gasteiger partial charge in [0.05, 0.1) is 12.1 Å². The van der Waals surface area contributed by atoms with E-state index in [4.69, 9.17) is 10.5 Å². The molecular formula is C15H22F2N2O2. The van der Waals surface area contributed by atoms with Crippen molar-refractivity contribution in [3.8, 4) is 5.75 Å². The highest BCUT2D eigenvalue weighted by Gasteiger charge is 2.27. The fraction of sp³-hybridized carbons (Fsp3) is 0.600. The number of alkyl halides is 2. The average molecular weight is 300 g/mol. The maximum Gasteiger partial charge on any atom is 0.387 e. The van der Waals surface area contributed by atoms with Gasteiger partial charge in [0.1, 0.15) is 5.75 Å². The zero-order chi connectivity index (χ0) is 15.2. The molecule has 1 saturated heterocycles. The van der Waals surface area contributed by atoms with E-state index in [9.17, 15) is 8.78 Å². The molecule has 0 bridgehead atoms.